The van der Waals surface area contributed by atoms with Crippen LogP contribution in [0.4, 0.5) is 0 Å². The molecule has 1 aromatic heterocycles. The number of benzene rings is 1. The lowest BCUT2D eigenvalue weighted by Gasteiger charge is -2.11. The highest BCUT2D eigenvalue weighted by atomic mass is 35.5. The van der Waals surface area contributed by atoms with Gasteiger partial charge in [-0.15, -0.1) is 10.2 Å². The second-order valence-electron chi connectivity index (χ2n) is 4.09. The Morgan fingerprint density at radius 1 is 1.31 bits per heavy atom. The first-order chi connectivity index (χ1) is 7.61. The van der Waals surface area contributed by atoms with E-state index in [1.54, 1.807) is 6.33 Å². The van der Waals surface area contributed by atoms with E-state index in [9.17, 15) is 0 Å². The maximum absolute atomic E-state index is 6.28. The van der Waals surface area contributed by atoms with Gasteiger partial charge < -0.3 is 4.57 Å². The minimum atomic E-state index is 0.321. The van der Waals surface area contributed by atoms with Gasteiger partial charge in [-0.1, -0.05) is 23.7 Å². The molecule has 0 saturated heterocycles. The molecule has 0 spiro atoms. The molecule has 1 heterocycles. The maximum atomic E-state index is 6.28. The standard InChI is InChI=1S/C12H14ClN3/c1-8(2)16-7-14-15-12(16)10-6-4-5-9(3)11(10)13/h4-8H,1-3H3. The third-order valence-electron chi connectivity index (χ3n) is 2.56. The van der Waals surface area contributed by atoms with E-state index < -0.39 is 0 Å². The van der Waals surface area contributed by atoms with Crippen LogP contribution in [0, 0.1) is 6.92 Å². The lowest BCUT2D eigenvalue weighted by molar-refractivity contribution is 0.604. The van der Waals surface area contributed by atoms with Crippen molar-refractivity contribution >= 4 is 11.6 Å². The van der Waals surface area contributed by atoms with Crippen molar-refractivity contribution in [3.63, 3.8) is 0 Å². The first kappa shape index (κ1) is 11.1. The van der Waals surface area contributed by atoms with Gasteiger partial charge in [0, 0.05) is 11.6 Å². The SMILES string of the molecule is Cc1cccc(-c2nncn2C(C)C)c1Cl. The normalized spacial score (nSPS) is 11.1. The minimum Gasteiger partial charge on any atom is -0.311 e. The zero-order valence-electron chi connectivity index (χ0n) is 9.61. The van der Waals surface area contributed by atoms with Crippen LogP contribution in [0.25, 0.3) is 11.4 Å². The topological polar surface area (TPSA) is 30.7 Å². The number of hydrogen-bond acceptors (Lipinski definition) is 2. The number of aryl methyl sites for hydroxylation is 1. The van der Waals surface area contributed by atoms with Crippen LogP contribution in [0.5, 0.6) is 0 Å². The summed E-state index contributed by atoms with van der Waals surface area (Å²) in [6, 6.07) is 6.26. The molecular weight excluding hydrogens is 222 g/mol. The molecule has 0 atom stereocenters. The highest BCUT2D eigenvalue weighted by Crippen LogP contribution is 2.29. The van der Waals surface area contributed by atoms with E-state index in [0.717, 1.165) is 22.0 Å². The number of hydrogen-bond donors (Lipinski definition) is 0. The summed E-state index contributed by atoms with van der Waals surface area (Å²) in [5.41, 5.74) is 1.99. The third-order valence-corrected chi connectivity index (χ3v) is 3.06. The van der Waals surface area contributed by atoms with Gasteiger partial charge in [0.2, 0.25) is 0 Å². The monoisotopic (exact) mass is 235 g/mol. The van der Waals surface area contributed by atoms with Crippen molar-refractivity contribution in [2.75, 3.05) is 0 Å². The second-order valence-corrected chi connectivity index (χ2v) is 4.47. The molecule has 0 aliphatic heterocycles. The molecule has 0 aliphatic rings. The zero-order chi connectivity index (χ0) is 11.7. The summed E-state index contributed by atoms with van der Waals surface area (Å²) < 4.78 is 2.01. The van der Waals surface area contributed by atoms with Gasteiger partial charge in [0.15, 0.2) is 5.82 Å². The van der Waals surface area contributed by atoms with E-state index in [1.807, 2.05) is 29.7 Å². The molecule has 0 N–H and O–H groups in total. The Bertz CT molecular complexity index is 503. The predicted octanol–water partition coefficient (Wildman–Crippen LogP) is 3.49. The van der Waals surface area contributed by atoms with Crippen LogP contribution in [0.15, 0.2) is 24.5 Å². The summed E-state index contributed by atoms with van der Waals surface area (Å²) in [5.74, 6) is 0.823. The van der Waals surface area contributed by atoms with Crippen molar-refractivity contribution in [3.8, 4) is 11.4 Å². The van der Waals surface area contributed by atoms with Crippen molar-refractivity contribution in [1.82, 2.24) is 14.8 Å². The van der Waals surface area contributed by atoms with Crippen LogP contribution in [-0.2, 0) is 0 Å². The van der Waals surface area contributed by atoms with Crippen LogP contribution in [0.3, 0.4) is 0 Å². The van der Waals surface area contributed by atoms with Crippen LogP contribution < -0.4 is 0 Å². The Morgan fingerprint density at radius 2 is 2.06 bits per heavy atom. The van der Waals surface area contributed by atoms with Crippen molar-refractivity contribution in [2.24, 2.45) is 0 Å². The van der Waals surface area contributed by atoms with Gasteiger partial charge in [0.05, 0.1) is 5.02 Å². The number of aromatic nitrogens is 3. The van der Waals surface area contributed by atoms with E-state index in [0.29, 0.717) is 6.04 Å². The maximum Gasteiger partial charge on any atom is 0.165 e. The minimum absolute atomic E-state index is 0.321. The average molecular weight is 236 g/mol. The van der Waals surface area contributed by atoms with E-state index in [2.05, 4.69) is 24.0 Å². The Morgan fingerprint density at radius 3 is 2.75 bits per heavy atom. The summed E-state index contributed by atoms with van der Waals surface area (Å²) >= 11 is 6.28. The third kappa shape index (κ3) is 1.83. The average Bonchev–Trinajstić information content (AvgIpc) is 2.70. The van der Waals surface area contributed by atoms with Crippen molar-refractivity contribution in [3.05, 3.63) is 35.1 Å². The van der Waals surface area contributed by atoms with Gasteiger partial charge in [-0.2, -0.15) is 0 Å². The molecule has 0 radical (unpaired) electrons. The summed E-state index contributed by atoms with van der Waals surface area (Å²) in [7, 11) is 0. The summed E-state index contributed by atoms with van der Waals surface area (Å²) in [4.78, 5) is 0. The number of halogens is 1. The molecular formula is C12H14ClN3. The highest BCUT2D eigenvalue weighted by Gasteiger charge is 2.13. The fourth-order valence-corrected chi connectivity index (χ4v) is 1.84. The highest BCUT2D eigenvalue weighted by molar-refractivity contribution is 6.33. The number of rotatable bonds is 2. The van der Waals surface area contributed by atoms with Crippen molar-refractivity contribution < 1.29 is 0 Å². The van der Waals surface area contributed by atoms with Gasteiger partial charge in [-0.25, -0.2) is 0 Å². The quantitative estimate of drug-likeness (QED) is 0.798. The van der Waals surface area contributed by atoms with Crippen LogP contribution in [0.1, 0.15) is 25.5 Å². The molecule has 2 rings (SSSR count). The second kappa shape index (κ2) is 4.26. The lowest BCUT2D eigenvalue weighted by Crippen LogP contribution is -2.02. The van der Waals surface area contributed by atoms with Gasteiger partial charge in [0.25, 0.3) is 0 Å². The van der Waals surface area contributed by atoms with E-state index >= 15 is 0 Å². The smallest absolute Gasteiger partial charge is 0.165 e. The molecule has 0 bridgehead atoms. The van der Waals surface area contributed by atoms with E-state index in [-0.39, 0.29) is 0 Å². The van der Waals surface area contributed by atoms with E-state index in [4.69, 9.17) is 11.6 Å². The molecule has 1 aromatic carbocycles. The molecule has 0 unspecified atom stereocenters. The Balaban J connectivity index is 2.59. The van der Waals surface area contributed by atoms with Crippen molar-refractivity contribution in [1.29, 1.82) is 0 Å². The summed E-state index contributed by atoms with van der Waals surface area (Å²) in [6.07, 6.45) is 1.73. The van der Waals surface area contributed by atoms with Gasteiger partial charge in [-0.3, -0.25) is 0 Å². The molecule has 16 heavy (non-hydrogen) atoms. The Kier molecular flexibility index (Phi) is 2.97. The van der Waals surface area contributed by atoms with Crippen LogP contribution >= 0.6 is 11.6 Å². The molecule has 4 heteroatoms. The molecule has 0 saturated carbocycles. The molecule has 84 valence electrons. The predicted molar refractivity (Wildman–Crippen MR) is 65.6 cm³/mol. The Hall–Kier alpha value is -1.35. The van der Waals surface area contributed by atoms with Gasteiger partial charge in [-0.05, 0) is 32.4 Å². The molecule has 0 aliphatic carbocycles. The number of nitrogens with zero attached hydrogens (tertiary/aromatic N) is 3. The Labute approximate surface area is 100 Å². The van der Waals surface area contributed by atoms with Gasteiger partial charge >= 0.3 is 0 Å². The van der Waals surface area contributed by atoms with Crippen LogP contribution in [-0.4, -0.2) is 14.8 Å². The zero-order valence-corrected chi connectivity index (χ0v) is 10.4. The largest absolute Gasteiger partial charge is 0.311 e. The fourth-order valence-electron chi connectivity index (χ4n) is 1.63. The van der Waals surface area contributed by atoms with E-state index in [1.165, 1.54) is 0 Å². The summed E-state index contributed by atoms with van der Waals surface area (Å²) in [5, 5.41) is 8.83. The first-order valence-electron chi connectivity index (χ1n) is 5.26. The molecule has 3 nitrogen and oxygen atoms in total. The lowest BCUT2D eigenvalue weighted by atomic mass is 10.1. The first-order valence-corrected chi connectivity index (χ1v) is 5.64. The van der Waals surface area contributed by atoms with Crippen molar-refractivity contribution in [2.45, 2.75) is 26.8 Å². The summed E-state index contributed by atoms with van der Waals surface area (Å²) in [6.45, 7) is 6.18. The molecule has 2 aromatic rings. The molecule has 0 fully saturated rings. The van der Waals surface area contributed by atoms with Crippen LogP contribution in [0.2, 0.25) is 5.02 Å². The fraction of sp³-hybridized carbons (Fsp3) is 0.333. The molecule has 0 amide bonds. The van der Waals surface area contributed by atoms with Gasteiger partial charge in [0.1, 0.15) is 6.33 Å².